The van der Waals surface area contributed by atoms with E-state index in [1.165, 1.54) is 12.3 Å². The van der Waals surface area contributed by atoms with Crippen LogP contribution >= 0.6 is 0 Å². The minimum absolute atomic E-state index is 0.0423. The average Bonchev–Trinajstić information content (AvgIpc) is 2.99. The summed E-state index contributed by atoms with van der Waals surface area (Å²) in [5.74, 6) is -2.14. The number of carbonyl (C=O) groups excluding carboxylic acids is 2. The topological polar surface area (TPSA) is 103 Å². The summed E-state index contributed by atoms with van der Waals surface area (Å²) in [4.78, 5) is 24.2. The molecule has 3 rings (SSSR count). The van der Waals surface area contributed by atoms with E-state index in [1.807, 2.05) is 6.07 Å². The number of rotatable bonds is 4. The van der Waals surface area contributed by atoms with Crippen LogP contribution in [0.3, 0.4) is 0 Å². The molecule has 2 amide bonds. The molecule has 1 aliphatic rings. The van der Waals surface area contributed by atoms with Gasteiger partial charge in [-0.05, 0) is 17.7 Å². The van der Waals surface area contributed by atoms with E-state index >= 15 is 0 Å². The number of nitrogens with zero attached hydrogens (tertiary/aromatic N) is 2. The number of benzene rings is 2. The minimum Gasteiger partial charge on any atom is -0.507 e. The number of phenolic OH excluding ortho intramolecular Hbond substituents is 1. The van der Waals surface area contributed by atoms with Crippen molar-refractivity contribution in [1.82, 2.24) is 10.9 Å². The molecule has 1 aliphatic heterocycles. The van der Waals surface area contributed by atoms with E-state index in [2.05, 4.69) is 21.1 Å². The van der Waals surface area contributed by atoms with Crippen molar-refractivity contribution >= 4 is 23.7 Å². The van der Waals surface area contributed by atoms with Crippen LogP contribution in [0.4, 0.5) is 0 Å². The molecular formula is C17H14N4O3. The third kappa shape index (κ3) is 3.14. The van der Waals surface area contributed by atoms with Crippen LogP contribution in [0.15, 0.2) is 64.8 Å². The van der Waals surface area contributed by atoms with Crippen molar-refractivity contribution in [2.45, 2.75) is 0 Å². The van der Waals surface area contributed by atoms with Crippen LogP contribution in [0.2, 0.25) is 0 Å². The SMILES string of the molecule is O=C1NN=C(c2ccccc2)[C@H]1C(=O)N/N=C\c1ccccc1O. The maximum atomic E-state index is 12.3. The fraction of sp³-hybridized carbons (Fsp3) is 0.0588. The van der Waals surface area contributed by atoms with Crippen LogP contribution in [-0.4, -0.2) is 28.8 Å². The van der Waals surface area contributed by atoms with Crippen molar-refractivity contribution in [3.63, 3.8) is 0 Å². The van der Waals surface area contributed by atoms with Crippen molar-refractivity contribution in [1.29, 1.82) is 0 Å². The number of amides is 2. The number of hydrogen-bond donors (Lipinski definition) is 3. The van der Waals surface area contributed by atoms with Crippen LogP contribution in [0, 0.1) is 5.92 Å². The molecular weight excluding hydrogens is 308 g/mol. The van der Waals surface area contributed by atoms with Crippen LogP contribution in [-0.2, 0) is 9.59 Å². The molecule has 0 spiro atoms. The predicted molar refractivity (Wildman–Crippen MR) is 88.5 cm³/mol. The Bertz CT molecular complexity index is 831. The molecule has 0 bridgehead atoms. The highest BCUT2D eigenvalue weighted by Crippen LogP contribution is 2.16. The Balaban J connectivity index is 1.73. The van der Waals surface area contributed by atoms with E-state index in [1.54, 1.807) is 42.5 Å². The molecule has 3 N–H and O–H groups in total. The molecule has 0 saturated carbocycles. The van der Waals surface area contributed by atoms with Gasteiger partial charge < -0.3 is 5.11 Å². The van der Waals surface area contributed by atoms with E-state index < -0.39 is 17.7 Å². The Kier molecular flexibility index (Phi) is 4.33. The average molecular weight is 322 g/mol. The molecule has 0 saturated heterocycles. The Hall–Kier alpha value is -3.48. The molecule has 7 nitrogen and oxygen atoms in total. The smallest absolute Gasteiger partial charge is 0.258 e. The number of aromatic hydroxyl groups is 1. The standard InChI is InChI=1S/C17H14N4O3/c22-13-9-5-4-8-12(13)10-18-20-16(23)14-15(19-21-17(14)24)11-6-2-1-3-7-11/h1-10,14,22H,(H,20,23)(H,21,24)/b18-10-/t14-/m0/s1. The van der Waals surface area contributed by atoms with Gasteiger partial charge in [-0.3, -0.25) is 9.59 Å². The first-order chi connectivity index (χ1) is 11.7. The third-order valence-corrected chi connectivity index (χ3v) is 3.47. The van der Waals surface area contributed by atoms with Crippen molar-refractivity contribution in [2.75, 3.05) is 0 Å². The second-order valence-electron chi connectivity index (χ2n) is 5.07. The summed E-state index contributed by atoms with van der Waals surface area (Å²) in [6.45, 7) is 0. The number of carbonyl (C=O) groups is 2. The number of phenols is 1. The summed E-state index contributed by atoms with van der Waals surface area (Å²) in [6, 6.07) is 15.5. The lowest BCUT2D eigenvalue weighted by Crippen LogP contribution is -2.37. The van der Waals surface area contributed by atoms with Gasteiger partial charge in [0, 0.05) is 5.56 Å². The normalized spacial score (nSPS) is 16.8. The molecule has 1 heterocycles. The first kappa shape index (κ1) is 15.4. The van der Waals surface area contributed by atoms with Gasteiger partial charge in [0.1, 0.15) is 5.75 Å². The summed E-state index contributed by atoms with van der Waals surface area (Å²) in [7, 11) is 0. The molecule has 2 aromatic rings. The monoisotopic (exact) mass is 322 g/mol. The van der Waals surface area contributed by atoms with E-state index in [0.29, 0.717) is 16.8 Å². The molecule has 7 heteroatoms. The van der Waals surface area contributed by atoms with Gasteiger partial charge in [0.25, 0.3) is 11.8 Å². The fourth-order valence-electron chi connectivity index (χ4n) is 2.28. The second kappa shape index (κ2) is 6.74. The Labute approximate surface area is 137 Å². The Morgan fingerprint density at radius 1 is 1.17 bits per heavy atom. The van der Waals surface area contributed by atoms with Crippen molar-refractivity contribution < 1.29 is 14.7 Å². The highest BCUT2D eigenvalue weighted by molar-refractivity contribution is 6.27. The summed E-state index contributed by atoms with van der Waals surface area (Å²) >= 11 is 0. The third-order valence-electron chi connectivity index (χ3n) is 3.47. The Morgan fingerprint density at radius 3 is 2.62 bits per heavy atom. The highest BCUT2D eigenvalue weighted by Gasteiger charge is 2.37. The second-order valence-corrected chi connectivity index (χ2v) is 5.07. The molecule has 0 unspecified atom stereocenters. The number of para-hydroxylation sites is 1. The van der Waals surface area contributed by atoms with Crippen molar-refractivity contribution in [3.05, 3.63) is 65.7 Å². The Morgan fingerprint density at radius 2 is 1.88 bits per heavy atom. The van der Waals surface area contributed by atoms with Crippen molar-refractivity contribution in [2.24, 2.45) is 16.1 Å². The lowest BCUT2D eigenvalue weighted by molar-refractivity contribution is -0.131. The van der Waals surface area contributed by atoms with Gasteiger partial charge in [-0.2, -0.15) is 10.2 Å². The van der Waals surface area contributed by atoms with Crippen molar-refractivity contribution in [3.8, 4) is 5.75 Å². The van der Waals surface area contributed by atoms with Gasteiger partial charge >= 0.3 is 0 Å². The minimum atomic E-state index is -1.08. The van der Waals surface area contributed by atoms with Crippen LogP contribution in [0.1, 0.15) is 11.1 Å². The summed E-state index contributed by atoms with van der Waals surface area (Å²) in [5.41, 5.74) is 6.10. The van der Waals surface area contributed by atoms with Gasteiger partial charge in [-0.1, -0.05) is 42.5 Å². The zero-order valence-corrected chi connectivity index (χ0v) is 12.5. The molecule has 0 aromatic heterocycles. The maximum absolute atomic E-state index is 12.3. The maximum Gasteiger partial charge on any atom is 0.258 e. The molecule has 120 valence electrons. The number of nitrogens with one attached hydrogen (secondary N) is 2. The molecule has 0 aliphatic carbocycles. The molecule has 1 atom stereocenters. The first-order valence-electron chi connectivity index (χ1n) is 7.20. The number of hydrogen-bond acceptors (Lipinski definition) is 5. The van der Waals surface area contributed by atoms with Crippen LogP contribution in [0.25, 0.3) is 0 Å². The first-order valence-corrected chi connectivity index (χ1v) is 7.20. The van der Waals surface area contributed by atoms with E-state index in [-0.39, 0.29) is 5.75 Å². The van der Waals surface area contributed by atoms with Gasteiger partial charge in [0.15, 0.2) is 5.92 Å². The summed E-state index contributed by atoms with van der Waals surface area (Å²) in [5, 5.41) is 17.4. The lowest BCUT2D eigenvalue weighted by Gasteiger charge is -2.08. The predicted octanol–water partition coefficient (Wildman–Crippen LogP) is 0.993. The van der Waals surface area contributed by atoms with E-state index in [4.69, 9.17) is 0 Å². The van der Waals surface area contributed by atoms with E-state index in [9.17, 15) is 14.7 Å². The summed E-state index contributed by atoms with van der Waals surface area (Å²) < 4.78 is 0. The molecule has 24 heavy (non-hydrogen) atoms. The van der Waals surface area contributed by atoms with Gasteiger partial charge in [-0.15, -0.1) is 0 Å². The quantitative estimate of drug-likeness (QED) is 0.444. The summed E-state index contributed by atoms with van der Waals surface area (Å²) in [6.07, 6.45) is 1.30. The van der Waals surface area contributed by atoms with Gasteiger partial charge in [-0.25, -0.2) is 10.9 Å². The lowest BCUT2D eigenvalue weighted by atomic mass is 9.96. The van der Waals surface area contributed by atoms with Gasteiger partial charge in [0.05, 0.1) is 11.9 Å². The molecule has 0 radical (unpaired) electrons. The molecule has 2 aromatic carbocycles. The zero-order chi connectivity index (χ0) is 16.9. The number of hydrazone groups is 2. The van der Waals surface area contributed by atoms with Crippen LogP contribution in [0.5, 0.6) is 5.75 Å². The fourth-order valence-corrected chi connectivity index (χ4v) is 2.28. The van der Waals surface area contributed by atoms with E-state index in [0.717, 1.165) is 0 Å². The highest BCUT2D eigenvalue weighted by atomic mass is 16.3. The van der Waals surface area contributed by atoms with Gasteiger partial charge in [0.2, 0.25) is 0 Å². The van der Waals surface area contributed by atoms with Crippen LogP contribution < -0.4 is 10.9 Å². The largest absolute Gasteiger partial charge is 0.507 e. The molecule has 0 fully saturated rings. The zero-order valence-electron chi connectivity index (χ0n) is 12.5.